The molecule has 3 atom stereocenters. The average Bonchev–Trinajstić information content (AvgIpc) is 3.16. The monoisotopic (exact) mass is 383 g/mol. The maximum absolute atomic E-state index is 12.8. The van der Waals surface area contributed by atoms with Crippen LogP contribution in [0.3, 0.4) is 0 Å². The number of esters is 1. The number of hydrogen-bond donors (Lipinski definition) is 1. The van der Waals surface area contributed by atoms with Crippen LogP contribution >= 0.6 is 0 Å². The van der Waals surface area contributed by atoms with E-state index in [1.165, 1.54) is 0 Å². The summed E-state index contributed by atoms with van der Waals surface area (Å²) in [5, 5.41) is 2.75. The van der Waals surface area contributed by atoms with Gasteiger partial charge in [-0.15, -0.1) is 0 Å². The van der Waals surface area contributed by atoms with Gasteiger partial charge in [0.1, 0.15) is 0 Å². The van der Waals surface area contributed by atoms with Crippen molar-refractivity contribution >= 4 is 17.6 Å². The Labute approximate surface area is 164 Å². The van der Waals surface area contributed by atoms with E-state index in [-0.39, 0.29) is 12.7 Å². The van der Waals surface area contributed by atoms with E-state index in [4.69, 9.17) is 14.2 Å². The molecule has 1 amide bonds. The Morgan fingerprint density at radius 1 is 1.07 bits per heavy atom. The number of hydrogen-bond acceptors (Lipinski definition) is 5. The molecular formula is C22H25NO5. The van der Waals surface area contributed by atoms with E-state index in [1.54, 1.807) is 25.1 Å². The van der Waals surface area contributed by atoms with Gasteiger partial charge in [-0.2, -0.15) is 0 Å². The molecule has 1 aliphatic rings. The summed E-state index contributed by atoms with van der Waals surface area (Å²) in [5.74, 6) is 0.100. The minimum atomic E-state index is -0.923. The molecule has 1 aliphatic heterocycles. The number of rotatable bonds is 7. The molecule has 6 heteroatoms. The highest BCUT2D eigenvalue weighted by molar-refractivity contribution is 5.95. The van der Waals surface area contributed by atoms with Gasteiger partial charge in [-0.05, 0) is 30.5 Å². The first-order valence-corrected chi connectivity index (χ1v) is 9.45. The highest BCUT2D eigenvalue weighted by atomic mass is 16.7. The van der Waals surface area contributed by atoms with Gasteiger partial charge in [-0.3, -0.25) is 9.59 Å². The lowest BCUT2D eigenvalue weighted by atomic mass is 9.85. The summed E-state index contributed by atoms with van der Waals surface area (Å²) in [6.45, 7) is 5.77. The predicted molar refractivity (Wildman–Crippen MR) is 105 cm³/mol. The molecule has 0 aromatic heterocycles. The number of fused-ring (bicyclic) bond motifs is 1. The maximum atomic E-state index is 12.8. The SMILES string of the molecule is CC[C@@H](C)[C@H](C(=O)O[C@@H](C)C(=O)Nc1ccc2c(c1)OCO2)c1ccccc1. The third-order valence-corrected chi connectivity index (χ3v) is 4.93. The van der Waals surface area contributed by atoms with Crippen LogP contribution < -0.4 is 14.8 Å². The van der Waals surface area contributed by atoms with Crippen molar-refractivity contribution in [3.63, 3.8) is 0 Å². The minimum absolute atomic E-state index is 0.0963. The lowest BCUT2D eigenvalue weighted by Gasteiger charge is -2.24. The number of carbonyl (C=O) groups is 2. The van der Waals surface area contributed by atoms with Crippen molar-refractivity contribution in [3.05, 3.63) is 54.1 Å². The van der Waals surface area contributed by atoms with Crippen LogP contribution in [0.2, 0.25) is 0 Å². The summed E-state index contributed by atoms with van der Waals surface area (Å²) in [7, 11) is 0. The quantitative estimate of drug-likeness (QED) is 0.728. The molecule has 6 nitrogen and oxygen atoms in total. The normalized spacial score (nSPS) is 15.4. The first-order valence-electron chi connectivity index (χ1n) is 9.45. The third kappa shape index (κ3) is 4.44. The van der Waals surface area contributed by atoms with Gasteiger partial charge in [0.15, 0.2) is 17.6 Å². The van der Waals surface area contributed by atoms with Crippen molar-refractivity contribution in [2.45, 2.75) is 39.2 Å². The molecule has 2 aromatic rings. The summed E-state index contributed by atoms with van der Waals surface area (Å²) < 4.78 is 16.1. The number of benzene rings is 2. The zero-order valence-corrected chi connectivity index (χ0v) is 16.3. The Hall–Kier alpha value is -3.02. The van der Waals surface area contributed by atoms with Crippen molar-refractivity contribution < 1.29 is 23.8 Å². The second kappa shape index (κ2) is 8.78. The fourth-order valence-corrected chi connectivity index (χ4v) is 3.11. The molecule has 0 unspecified atom stereocenters. The molecule has 0 bridgehead atoms. The van der Waals surface area contributed by atoms with Gasteiger partial charge in [-0.25, -0.2) is 0 Å². The number of nitrogens with one attached hydrogen (secondary N) is 1. The molecule has 0 aliphatic carbocycles. The molecule has 0 radical (unpaired) electrons. The van der Waals surface area contributed by atoms with Gasteiger partial charge < -0.3 is 19.5 Å². The van der Waals surface area contributed by atoms with Crippen molar-refractivity contribution in [2.24, 2.45) is 5.92 Å². The van der Waals surface area contributed by atoms with Gasteiger partial charge in [0, 0.05) is 11.8 Å². The summed E-state index contributed by atoms with van der Waals surface area (Å²) in [4.78, 5) is 25.3. The van der Waals surface area contributed by atoms with Gasteiger partial charge >= 0.3 is 5.97 Å². The number of amides is 1. The Balaban J connectivity index is 1.65. The zero-order valence-electron chi connectivity index (χ0n) is 16.3. The molecular weight excluding hydrogens is 358 g/mol. The second-order valence-corrected chi connectivity index (χ2v) is 6.91. The summed E-state index contributed by atoms with van der Waals surface area (Å²) in [6.07, 6.45) is -0.0971. The lowest BCUT2D eigenvalue weighted by Crippen LogP contribution is -2.33. The number of ether oxygens (including phenoxy) is 3. The van der Waals surface area contributed by atoms with E-state index >= 15 is 0 Å². The standard InChI is InChI=1S/C22H25NO5/c1-4-14(2)20(16-8-6-5-7-9-16)22(25)28-15(3)21(24)23-17-10-11-18-19(12-17)27-13-26-18/h5-12,14-15,20H,4,13H2,1-3H3,(H,23,24)/t14-,15+,20+/m1/s1. The molecule has 1 N–H and O–H groups in total. The van der Waals surface area contributed by atoms with Crippen molar-refractivity contribution in [2.75, 3.05) is 12.1 Å². The van der Waals surface area contributed by atoms with E-state index < -0.39 is 23.9 Å². The highest BCUT2D eigenvalue weighted by Crippen LogP contribution is 2.34. The van der Waals surface area contributed by atoms with E-state index in [0.29, 0.717) is 17.2 Å². The van der Waals surface area contributed by atoms with Crippen LogP contribution in [0.4, 0.5) is 5.69 Å². The largest absolute Gasteiger partial charge is 0.454 e. The summed E-state index contributed by atoms with van der Waals surface area (Å²) in [5.41, 5.74) is 1.45. The van der Waals surface area contributed by atoms with Gasteiger partial charge in [0.25, 0.3) is 5.91 Å². The van der Waals surface area contributed by atoms with Crippen LogP contribution in [-0.4, -0.2) is 24.8 Å². The average molecular weight is 383 g/mol. The maximum Gasteiger partial charge on any atom is 0.314 e. The molecule has 148 valence electrons. The van der Waals surface area contributed by atoms with E-state index in [1.807, 2.05) is 44.2 Å². The van der Waals surface area contributed by atoms with E-state index in [2.05, 4.69) is 5.32 Å². The first-order chi connectivity index (χ1) is 13.5. The fourth-order valence-electron chi connectivity index (χ4n) is 3.11. The van der Waals surface area contributed by atoms with Crippen LogP contribution in [0, 0.1) is 5.92 Å². The van der Waals surface area contributed by atoms with E-state index in [0.717, 1.165) is 12.0 Å². The van der Waals surface area contributed by atoms with Crippen molar-refractivity contribution in [1.29, 1.82) is 0 Å². The first kappa shape index (κ1) is 19.7. The molecule has 0 saturated heterocycles. The second-order valence-electron chi connectivity index (χ2n) is 6.91. The van der Waals surface area contributed by atoms with Crippen LogP contribution in [0.1, 0.15) is 38.7 Å². The van der Waals surface area contributed by atoms with Crippen molar-refractivity contribution in [1.82, 2.24) is 0 Å². The molecule has 2 aromatic carbocycles. The van der Waals surface area contributed by atoms with Crippen LogP contribution in [0.5, 0.6) is 11.5 Å². The topological polar surface area (TPSA) is 73.9 Å². The molecule has 0 saturated carbocycles. The van der Waals surface area contributed by atoms with Crippen LogP contribution in [0.25, 0.3) is 0 Å². The Morgan fingerprint density at radius 2 is 1.79 bits per heavy atom. The summed E-state index contributed by atoms with van der Waals surface area (Å²) in [6, 6.07) is 14.6. The molecule has 3 rings (SSSR count). The highest BCUT2D eigenvalue weighted by Gasteiger charge is 2.30. The van der Waals surface area contributed by atoms with E-state index in [9.17, 15) is 9.59 Å². The van der Waals surface area contributed by atoms with Gasteiger partial charge in [0.2, 0.25) is 6.79 Å². The third-order valence-electron chi connectivity index (χ3n) is 4.93. The van der Waals surface area contributed by atoms with Gasteiger partial charge in [-0.1, -0.05) is 50.6 Å². The molecule has 0 spiro atoms. The lowest BCUT2D eigenvalue weighted by molar-refractivity contribution is -0.155. The molecule has 1 heterocycles. The molecule has 0 fully saturated rings. The molecule has 28 heavy (non-hydrogen) atoms. The van der Waals surface area contributed by atoms with Crippen molar-refractivity contribution in [3.8, 4) is 11.5 Å². The number of carbonyl (C=O) groups excluding carboxylic acids is 2. The minimum Gasteiger partial charge on any atom is -0.454 e. The Bertz CT molecular complexity index is 836. The Kier molecular flexibility index (Phi) is 6.19. The Morgan fingerprint density at radius 3 is 2.50 bits per heavy atom. The van der Waals surface area contributed by atoms with Crippen LogP contribution in [0.15, 0.2) is 48.5 Å². The summed E-state index contributed by atoms with van der Waals surface area (Å²) >= 11 is 0. The number of anilines is 1. The van der Waals surface area contributed by atoms with Gasteiger partial charge in [0.05, 0.1) is 5.92 Å². The smallest absolute Gasteiger partial charge is 0.314 e. The predicted octanol–water partition coefficient (Wildman–Crippen LogP) is 4.12. The van der Waals surface area contributed by atoms with Crippen LogP contribution in [-0.2, 0) is 14.3 Å². The fraction of sp³-hybridized carbons (Fsp3) is 0.364. The zero-order chi connectivity index (χ0) is 20.1.